The lowest BCUT2D eigenvalue weighted by Crippen LogP contribution is -2.61. The Bertz CT molecular complexity index is 3940. The van der Waals surface area contributed by atoms with E-state index in [4.69, 9.17) is 11.3 Å². The first-order valence-corrected chi connectivity index (χ1v) is 25.0. The summed E-state index contributed by atoms with van der Waals surface area (Å²) in [6.07, 6.45) is 2.12. The van der Waals surface area contributed by atoms with Crippen molar-refractivity contribution in [3.8, 4) is 33.7 Å². The van der Waals surface area contributed by atoms with Crippen molar-refractivity contribution in [2.45, 2.75) is 71.6 Å². The fraction of sp³-hybridized carbons (Fsp3) is 0.175. The number of hydrogen-bond acceptors (Lipinski definition) is 3. The summed E-state index contributed by atoms with van der Waals surface area (Å²) in [5, 5.41) is 5.27. The van der Waals surface area contributed by atoms with E-state index in [9.17, 15) is 0 Å². The maximum Gasteiger partial charge on any atom is 0.333 e. The predicted molar refractivity (Wildman–Crippen MR) is 292 cm³/mol. The Morgan fingerprint density at radius 2 is 1.34 bits per heavy atom. The van der Waals surface area contributed by atoms with Gasteiger partial charge in [-0.05, 0) is 115 Å². The van der Waals surface area contributed by atoms with E-state index in [1.807, 2.05) is 11.3 Å². The van der Waals surface area contributed by atoms with Crippen LogP contribution in [0, 0.1) is 0 Å². The summed E-state index contributed by atoms with van der Waals surface area (Å²) in [5.74, 6) is 1.65. The number of rotatable bonds is 2. The van der Waals surface area contributed by atoms with Crippen LogP contribution >= 0.6 is 11.3 Å². The summed E-state index contributed by atoms with van der Waals surface area (Å²) in [6.45, 7) is 23.4. The number of thiophene rings is 1. The summed E-state index contributed by atoms with van der Waals surface area (Å²) in [7, 11) is 0. The van der Waals surface area contributed by atoms with Gasteiger partial charge >= 0.3 is 6.85 Å². The second-order valence-electron chi connectivity index (χ2n) is 22.2. The van der Waals surface area contributed by atoms with E-state index >= 15 is 0 Å². The van der Waals surface area contributed by atoms with Crippen molar-refractivity contribution in [1.82, 2.24) is 4.57 Å². The Balaban J connectivity index is 1.19. The number of aromatic nitrogens is 1. The molecular formula is C63H51BN2OS. The molecule has 0 saturated heterocycles. The van der Waals surface area contributed by atoms with Crippen LogP contribution in [0.1, 0.15) is 88.8 Å². The number of nitrogens with zero attached hydrogens (tertiary/aromatic N) is 2. The molecule has 4 aliphatic rings. The van der Waals surface area contributed by atoms with E-state index in [1.54, 1.807) is 0 Å². The van der Waals surface area contributed by atoms with Gasteiger partial charge in [0, 0.05) is 76.2 Å². The molecule has 0 radical (unpaired) electrons. The molecule has 10 aromatic rings. The quantitative estimate of drug-likeness (QED) is 0.161. The molecule has 0 unspecified atom stereocenters. The highest BCUT2D eigenvalue weighted by Gasteiger charge is 2.50. The molecule has 0 amide bonds. The Kier molecular flexibility index (Phi) is 7.85. The molecular weight excluding hydrogens is 844 g/mol. The molecule has 5 heterocycles. The molecule has 328 valence electrons. The van der Waals surface area contributed by atoms with Crippen molar-refractivity contribution >= 4 is 93.8 Å². The van der Waals surface area contributed by atoms with Crippen LogP contribution in [0.15, 0.2) is 158 Å². The molecule has 5 heteroatoms. The van der Waals surface area contributed by atoms with Crippen molar-refractivity contribution in [3.05, 3.63) is 192 Å². The number of ether oxygens (including phenoxy) is 1. The third-order valence-corrected chi connectivity index (χ3v) is 16.9. The van der Waals surface area contributed by atoms with E-state index in [2.05, 4.69) is 216 Å². The molecule has 0 atom stereocenters. The molecule has 0 spiro atoms. The van der Waals surface area contributed by atoms with Gasteiger partial charge in [-0.1, -0.05) is 159 Å². The Labute approximate surface area is 402 Å². The fourth-order valence-corrected chi connectivity index (χ4v) is 13.6. The second kappa shape index (κ2) is 13.3. The van der Waals surface area contributed by atoms with Gasteiger partial charge in [-0.2, -0.15) is 0 Å². The average Bonchev–Trinajstić information content (AvgIpc) is 3.94. The molecule has 1 aliphatic carbocycles. The minimum absolute atomic E-state index is 0.00936. The molecule has 14 rings (SSSR count). The Morgan fingerprint density at radius 3 is 2.12 bits per heavy atom. The van der Waals surface area contributed by atoms with Gasteiger partial charge in [-0.3, -0.25) is 0 Å². The van der Waals surface area contributed by atoms with Gasteiger partial charge in [-0.15, -0.1) is 11.3 Å². The summed E-state index contributed by atoms with van der Waals surface area (Å²) < 4.78 is 12.3. The van der Waals surface area contributed by atoms with Crippen molar-refractivity contribution in [1.29, 1.82) is 0 Å². The zero-order chi connectivity index (χ0) is 46.3. The molecule has 0 bridgehead atoms. The second-order valence-corrected chi connectivity index (χ2v) is 23.3. The van der Waals surface area contributed by atoms with Crippen molar-refractivity contribution in [2.75, 3.05) is 4.81 Å². The van der Waals surface area contributed by atoms with E-state index in [0.717, 1.165) is 33.9 Å². The molecule has 0 fully saturated rings. The topological polar surface area (TPSA) is 17.4 Å². The van der Waals surface area contributed by atoms with Crippen LogP contribution in [-0.2, 0) is 16.2 Å². The lowest BCUT2D eigenvalue weighted by Gasteiger charge is -2.43. The summed E-state index contributed by atoms with van der Waals surface area (Å²) in [6, 6.07) is 55.2. The largest absolute Gasteiger partial charge is 0.456 e. The average molecular weight is 895 g/mol. The monoisotopic (exact) mass is 894 g/mol. The SMILES string of the molecule is C=C1C=C(c2ccccc2)Oc2cc3c(cc21)B1c2c(c4c(c5c6cc(C(C)(C)C)ccc6n-3c25)C(C)(C)c2ccccc2-4)-c2cc3sc4ccccc4c3cc2N1c1ccc(C(C)(C)C)cc1. The van der Waals surface area contributed by atoms with Gasteiger partial charge < -0.3 is 14.1 Å². The highest BCUT2D eigenvalue weighted by Crippen LogP contribution is 2.60. The van der Waals surface area contributed by atoms with Crippen molar-refractivity contribution in [3.63, 3.8) is 0 Å². The van der Waals surface area contributed by atoms with Gasteiger partial charge in [0.25, 0.3) is 0 Å². The van der Waals surface area contributed by atoms with Crippen LogP contribution in [0.2, 0.25) is 0 Å². The molecule has 68 heavy (non-hydrogen) atoms. The predicted octanol–water partition coefficient (Wildman–Crippen LogP) is 15.7. The maximum atomic E-state index is 7.01. The number of fused-ring (bicyclic) bond motifs is 17. The summed E-state index contributed by atoms with van der Waals surface area (Å²) in [4.78, 5) is 2.69. The first-order valence-electron chi connectivity index (χ1n) is 24.1. The number of benzene rings is 8. The first-order chi connectivity index (χ1) is 32.7. The number of allylic oxidation sites excluding steroid dienone is 2. The Morgan fingerprint density at radius 1 is 0.618 bits per heavy atom. The van der Waals surface area contributed by atoms with Gasteiger partial charge in [-0.25, -0.2) is 0 Å². The zero-order valence-electron chi connectivity index (χ0n) is 39.9. The minimum Gasteiger partial charge on any atom is -0.456 e. The standard InChI is InChI=1S/C63H51BN2OS/c1-35-29-51(36-17-11-10-12-18-36)67-52-34-50-47(31-42(35)52)64-59-56(45-33-54-43(40-19-14-16-22-53(40)68-54)32-49(45)66(64)39-26-23-37(24-27-39)61(2,3)4)55-41-20-13-15-21-46(41)63(8,9)58(55)57-44-30-38(62(5,6)7)25-28-48(44)65(50)60(57)59/h10-34H,1H2,2-9H3. The highest BCUT2D eigenvalue weighted by molar-refractivity contribution is 7.25. The molecule has 0 saturated carbocycles. The molecule has 3 nitrogen and oxygen atoms in total. The number of anilines is 2. The van der Waals surface area contributed by atoms with Crippen LogP contribution < -0.4 is 20.5 Å². The molecule has 3 aliphatic heterocycles. The summed E-state index contributed by atoms with van der Waals surface area (Å²) in [5.41, 5.74) is 22.2. The normalized spacial score (nSPS) is 15.4. The van der Waals surface area contributed by atoms with Crippen LogP contribution in [0.4, 0.5) is 11.4 Å². The minimum atomic E-state index is -0.276. The van der Waals surface area contributed by atoms with Crippen LogP contribution in [0.25, 0.3) is 81.3 Å². The molecule has 2 aromatic heterocycles. The maximum absolute atomic E-state index is 7.01. The third kappa shape index (κ3) is 5.26. The highest BCUT2D eigenvalue weighted by atomic mass is 32.1. The van der Waals surface area contributed by atoms with Crippen LogP contribution in [0.5, 0.6) is 5.75 Å². The lowest BCUT2D eigenvalue weighted by molar-refractivity contribution is 0.509. The van der Waals surface area contributed by atoms with E-state index in [-0.39, 0.29) is 23.1 Å². The molecule has 8 aromatic carbocycles. The third-order valence-electron chi connectivity index (χ3n) is 15.8. The van der Waals surface area contributed by atoms with Gasteiger partial charge in [0.15, 0.2) is 0 Å². The lowest BCUT2D eigenvalue weighted by atomic mass is 9.43. The van der Waals surface area contributed by atoms with Gasteiger partial charge in [0.05, 0.1) is 11.0 Å². The van der Waals surface area contributed by atoms with Gasteiger partial charge in [0.1, 0.15) is 11.5 Å². The van der Waals surface area contributed by atoms with Crippen molar-refractivity contribution < 1.29 is 4.74 Å². The Hall–Kier alpha value is -7.08. The van der Waals surface area contributed by atoms with E-state index in [1.165, 1.54) is 109 Å². The van der Waals surface area contributed by atoms with Crippen LogP contribution in [-0.4, -0.2) is 11.4 Å². The van der Waals surface area contributed by atoms with E-state index in [0.29, 0.717) is 0 Å². The van der Waals surface area contributed by atoms with E-state index < -0.39 is 0 Å². The zero-order valence-corrected chi connectivity index (χ0v) is 40.7. The summed E-state index contributed by atoms with van der Waals surface area (Å²) >= 11 is 1.91. The first kappa shape index (κ1) is 40.0. The van der Waals surface area contributed by atoms with Crippen molar-refractivity contribution in [2.24, 2.45) is 0 Å². The smallest absolute Gasteiger partial charge is 0.333 e. The van der Waals surface area contributed by atoms with Gasteiger partial charge in [0.2, 0.25) is 0 Å². The number of hydrogen-bond donors (Lipinski definition) is 0. The van der Waals surface area contributed by atoms with Crippen LogP contribution in [0.3, 0.4) is 0 Å². The molecule has 0 N–H and O–H groups in total. The fourth-order valence-electron chi connectivity index (χ4n) is 12.4.